The molecule has 1 saturated heterocycles. The molecular formula is C24H38FN7O5. The van der Waals surface area contributed by atoms with Crippen molar-refractivity contribution in [3.63, 3.8) is 0 Å². The van der Waals surface area contributed by atoms with Crippen LogP contribution >= 0.6 is 0 Å². The zero-order chi connectivity index (χ0) is 27.7. The summed E-state index contributed by atoms with van der Waals surface area (Å²) in [7, 11) is 1.66. The highest BCUT2D eigenvalue weighted by Crippen LogP contribution is 2.48. The highest BCUT2D eigenvalue weighted by atomic mass is 19.1. The van der Waals surface area contributed by atoms with Crippen molar-refractivity contribution in [1.82, 2.24) is 19.5 Å². The number of nitrogen functional groups attached to an aromatic ring is 1. The molecule has 5 N–H and O–H groups in total. The van der Waals surface area contributed by atoms with Gasteiger partial charge in [0.15, 0.2) is 35.7 Å². The molecule has 0 bridgehead atoms. The van der Waals surface area contributed by atoms with Crippen LogP contribution in [0.25, 0.3) is 11.2 Å². The van der Waals surface area contributed by atoms with E-state index in [0.29, 0.717) is 11.3 Å². The van der Waals surface area contributed by atoms with Crippen molar-refractivity contribution in [2.45, 2.75) is 72.0 Å². The zero-order valence-corrected chi connectivity index (χ0v) is 22.4. The number of nitrogens with one attached hydrogen (secondary N) is 1. The highest BCUT2D eigenvalue weighted by molar-refractivity contribution is 5.85. The van der Waals surface area contributed by atoms with Gasteiger partial charge in [-0.05, 0) is 33.6 Å². The SMILES string of the molecule is CNc1nc(N)nc2c1ncn2[C@@H]1O[C@H](COCOC(=O)C(C)(C)C)[C@@H](CC(=O)[C@@H](N)C(C)C)[C@@]1(C)F. The lowest BCUT2D eigenvalue weighted by atomic mass is 9.81. The van der Waals surface area contributed by atoms with Crippen LogP contribution in [0, 0.1) is 17.3 Å². The molecule has 3 rings (SSSR count). The number of rotatable bonds is 10. The summed E-state index contributed by atoms with van der Waals surface area (Å²) in [5.41, 5.74) is 9.84. The van der Waals surface area contributed by atoms with Gasteiger partial charge in [-0.1, -0.05) is 13.8 Å². The molecule has 0 aromatic carbocycles. The van der Waals surface area contributed by atoms with E-state index >= 15 is 4.39 Å². The molecule has 1 aliphatic rings. The Morgan fingerprint density at radius 2 is 2.00 bits per heavy atom. The number of carbonyl (C=O) groups excluding carboxylic acids is 2. The van der Waals surface area contributed by atoms with Crippen LogP contribution in [0.5, 0.6) is 0 Å². The zero-order valence-electron chi connectivity index (χ0n) is 22.4. The Labute approximate surface area is 215 Å². The minimum Gasteiger partial charge on any atom is -0.438 e. The van der Waals surface area contributed by atoms with Crippen molar-refractivity contribution < 1.29 is 28.2 Å². The van der Waals surface area contributed by atoms with Gasteiger partial charge in [-0.15, -0.1) is 0 Å². The third-order valence-corrected chi connectivity index (χ3v) is 6.57. The van der Waals surface area contributed by atoms with Crippen molar-refractivity contribution in [1.29, 1.82) is 0 Å². The summed E-state index contributed by atoms with van der Waals surface area (Å²) in [4.78, 5) is 37.6. The van der Waals surface area contributed by atoms with Crippen molar-refractivity contribution >= 4 is 34.7 Å². The van der Waals surface area contributed by atoms with Crippen LogP contribution in [0.15, 0.2) is 6.33 Å². The molecule has 37 heavy (non-hydrogen) atoms. The summed E-state index contributed by atoms with van der Waals surface area (Å²) in [6.07, 6.45) is -0.813. The van der Waals surface area contributed by atoms with Gasteiger partial charge in [0.2, 0.25) is 5.95 Å². The maximum atomic E-state index is 16.6. The van der Waals surface area contributed by atoms with E-state index < -0.39 is 41.3 Å². The van der Waals surface area contributed by atoms with Gasteiger partial charge in [-0.3, -0.25) is 14.2 Å². The Morgan fingerprint density at radius 1 is 1.32 bits per heavy atom. The number of esters is 1. The van der Waals surface area contributed by atoms with E-state index in [-0.39, 0.29) is 43.1 Å². The van der Waals surface area contributed by atoms with Gasteiger partial charge in [0, 0.05) is 19.4 Å². The molecule has 2 aromatic heterocycles. The first kappa shape index (κ1) is 28.7. The monoisotopic (exact) mass is 523 g/mol. The topological polar surface area (TPSA) is 170 Å². The number of ether oxygens (including phenoxy) is 3. The number of anilines is 2. The van der Waals surface area contributed by atoms with Gasteiger partial charge >= 0.3 is 5.97 Å². The molecule has 2 aromatic rings. The number of hydrogen-bond acceptors (Lipinski definition) is 11. The Hall–Kier alpha value is -2.90. The van der Waals surface area contributed by atoms with E-state index in [1.54, 1.807) is 27.8 Å². The van der Waals surface area contributed by atoms with E-state index in [4.69, 9.17) is 25.7 Å². The molecule has 206 valence electrons. The molecule has 0 radical (unpaired) electrons. The smallest absolute Gasteiger partial charge is 0.313 e. The molecule has 0 aliphatic carbocycles. The normalized spacial score (nSPS) is 25.0. The number of fused-ring (bicyclic) bond motifs is 1. The summed E-state index contributed by atoms with van der Waals surface area (Å²) in [6.45, 7) is 9.74. The Balaban J connectivity index is 1.89. The predicted molar refractivity (Wildman–Crippen MR) is 135 cm³/mol. The van der Waals surface area contributed by atoms with Gasteiger partial charge in [-0.2, -0.15) is 9.97 Å². The fourth-order valence-electron chi connectivity index (χ4n) is 4.24. The standard InChI is InChI=1S/C24H38FN7O5/c1-12(2)16(26)14(33)8-13-15(9-35-11-36-21(34)23(3,4)5)37-20(24(13,6)25)32-10-29-17-18(28-7)30-22(27)31-19(17)32/h10,12-13,15-16,20H,8-9,11,26H2,1-7H3,(H3,27,28,30,31)/t13-,15-,16+,20-,24-/m1/s1. The van der Waals surface area contributed by atoms with Crippen molar-refractivity contribution in [3.8, 4) is 0 Å². The minimum absolute atomic E-state index is 0.0210. The van der Waals surface area contributed by atoms with E-state index in [1.807, 2.05) is 13.8 Å². The number of imidazole rings is 1. The Kier molecular flexibility index (Phi) is 8.40. The molecule has 0 saturated carbocycles. The number of hydrogen-bond donors (Lipinski definition) is 3. The van der Waals surface area contributed by atoms with Crippen LogP contribution in [0.4, 0.5) is 16.2 Å². The third kappa shape index (κ3) is 5.99. The number of ketones is 1. The van der Waals surface area contributed by atoms with Crippen molar-refractivity contribution in [3.05, 3.63) is 6.33 Å². The predicted octanol–water partition coefficient (Wildman–Crippen LogP) is 2.20. The Bertz CT molecular complexity index is 1130. The first-order chi connectivity index (χ1) is 17.2. The van der Waals surface area contributed by atoms with Crippen LogP contribution in [0.1, 0.15) is 54.2 Å². The van der Waals surface area contributed by atoms with Crippen LogP contribution in [-0.2, 0) is 23.8 Å². The van der Waals surface area contributed by atoms with E-state index in [1.165, 1.54) is 17.8 Å². The second kappa shape index (κ2) is 10.8. The maximum absolute atomic E-state index is 16.6. The van der Waals surface area contributed by atoms with Crippen LogP contribution in [0.2, 0.25) is 0 Å². The third-order valence-electron chi connectivity index (χ3n) is 6.57. The molecule has 0 spiro atoms. The van der Waals surface area contributed by atoms with Crippen molar-refractivity contribution in [2.24, 2.45) is 23.0 Å². The summed E-state index contributed by atoms with van der Waals surface area (Å²) in [5, 5.41) is 2.89. The second-order valence-corrected chi connectivity index (χ2v) is 10.9. The number of carbonyl (C=O) groups is 2. The largest absolute Gasteiger partial charge is 0.438 e. The number of nitrogens with two attached hydrogens (primary N) is 2. The quantitative estimate of drug-likeness (QED) is 0.237. The fraction of sp³-hybridized carbons (Fsp3) is 0.708. The molecule has 0 unspecified atom stereocenters. The van der Waals surface area contributed by atoms with Crippen LogP contribution in [0.3, 0.4) is 0 Å². The van der Waals surface area contributed by atoms with Gasteiger partial charge in [0.05, 0.1) is 30.5 Å². The lowest BCUT2D eigenvalue weighted by Crippen LogP contribution is -2.42. The summed E-state index contributed by atoms with van der Waals surface area (Å²) >= 11 is 0. The molecule has 0 amide bonds. The van der Waals surface area contributed by atoms with Crippen LogP contribution in [-0.4, -0.2) is 69.5 Å². The van der Waals surface area contributed by atoms with Crippen molar-refractivity contribution in [2.75, 3.05) is 31.5 Å². The number of halogens is 1. The van der Waals surface area contributed by atoms with Crippen LogP contribution < -0.4 is 16.8 Å². The van der Waals surface area contributed by atoms with Gasteiger partial charge in [0.25, 0.3) is 0 Å². The number of alkyl halides is 1. The maximum Gasteiger partial charge on any atom is 0.313 e. The van der Waals surface area contributed by atoms with Gasteiger partial charge in [0.1, 0.15) is 5.78 Å². The number of Topliss-reactive ketones (excluding diaryl/α,β-unsaturated/α-hetero) is 1. The molecule has 3 heterocycles. The van der Waals surface area contributed by atoms with E-state index in [2.05, 4.69) is 20.3 Å². The highest BCUT2D eigenvalue weighted by Gasteiger charge is 2.56. The van der Waals surface area contributed by atoms with E-state index in [9.17, 15) is 9.59 Å². The average Bonchev–Trinajstić information content (AvgIpc) is 3.32. The lowest BCUT2D eigenvalue weighted by Gasteiger charge is -2.28. The average molecular weight is 524 g/mol. The first-order valence-corrected chi connectivity index (χ1v) is 12.2. The molecule has 12 nitrogen and oxygen atoms in total. The Morgan fingerprint density at radius 3 is 2.59 bits per heavy atom. The molecular weight excluding hydrogens is 485 g/mol. The second-order valence-electron chi connectivity index (χ2n) is 10.9. The molecule has 1 fully saturated rings. The molecule has 5 atom stereocenters. The van der Waals surface area contributed by atoms with Gasteiger partial charge < -0.3 is 31.0 Å². The summed E-state index contributed by atoms with van der Waals surface area (Å²) in [5.74, 6) is -1.38. The lowest BCUT2D eigenvalue weighted by molar-refractivity contribution is -0.169. The fourth-order valence-corrected chi connectivity index (χ4v) is 4.24. The number of aromatic nitrogens is 4. The molecule has 13 heteroatoms. The summed E-state index contributed by atoms with van der Waals surface area (Å²) < 4.78 is 34.9. The minimum atomic E-state index is -2.05. The van der Waals surface area contributed by atoms with Gasteiger partial charge in [-0.25, -0.2) is 9.37 Å². The molecule has 1 aliphatic heterocycles. The first-order valence-electron chi connectivity index (χ1n) is 12.2. The number of nitrogens with zero attached hydrogens (tertiary/aromatic N) is 4. The van der Waals surface area contributed by atoms with E-state index in [0.717, 1.165) is 0 Å². The summed E-state index contributed by atoms with van der Waals surface area (Å²) in [6, 6.07) is -0.746.